The highest BCUT2D eigenvalue weighted by Crippen LogP contribution is 2.43. The summed E-state index contributed by atoms with van der Waals surface area (Å²) in [7, 11) is 0. The Morgan fingerprint density at radius 3 is 2.92 bits per heavy atom. The summed E-state index contributed by atoms with van der Waals surface area (Å²) in [6.07, 6.45) is 7.56. The van der Waals surface area contributed by atoms with Crippen molar-refractivity contribution in [2.45, 2.75) is 44.1 Å². The number of hydrogen-bond donors (Lipinski definition) is 2. The Labute approximate surface area is 142 Å². The molecule has 1 unspecified atom stereocenters. The molecule has 1 aromatic carbocycles. The monoisotopic (exact) mass is 324 g/mol. The predicted molar refractivity (Wildman–Crippen MR) is 94.3 cm³/mol. The largest absolute Gasteiger partial charge is 0.503 e. The minimum absolute atomic E-state index is 0.213. The van der Waals surface area contributed by atoms with Crippen LogP contribution in [0.4, 0.5) is 0 Å². The number of aromatic amines is 1. The second-order valence-electron chi connectivity index (χ2n) is 7.31. The van der Waals surface area contributed by atoms with E-state index in [9.17, 15) is 9.90 Å². The summed E-state index contributed by atoms with van der Waals surface area (Å²) in [6.45, 7) is 2.85. The van der Waals surface area contributed by atoms with E-state index in [1.807, 2.05) is 0 Å². The summed E-state index contributed by atoms with van der Waals surface area (Å²) in [5, 5.41) is 9.40. The Kier molecular flexibility index (Phi) is 3.93. The van der Waals surface area contributed by atoms with E-state index in [0.29, 0.717) is 0 Å². The van der Waals surface area contributed by atoms with Gasteiger partial charge in [0, 0.05) is 36.5 Å². The van der Waals surface area contributed by atoms with Gasteiger partial charge in [-0.1, -0.05) is 24.3 Å². The van der Waals surface area contributed by atoms with Gasteiger partial charge in [-0.15, -0.1) is 0 Å². The Hall–Kier alpha value is -2.07. The first-order chi connectivity index (χ1) is 11.7. The van der Waals surface area contributed by atoms with Gasteiger partial charge >= 0.3 is 0 Å². The molecule has 4 nitrogen and oxygen atoms in total. The van der Waals surface area contributed by atoms with Gasteiger partial charge in [0.2, 0.25) is 5.43 Å². The van der Waals surface area contributed by atoms with Crippen LogP contribution in [0.25, 0.3) is 0 Å². The fourth-order valence-corrected chi connectivity index (χ4v) is 4.63. The molecule has 4 rings (SSSR count). The van der Waals surface area contributed by atoms with E-state index in [1.54, 1.807) is 5.56 Å². The maximum atomic E-state index is 11.7. The highest BCUT2D eigenvalue weighted by Gasteiger charge is 2.39. The highest BCUT2D eigenvalue weighted by molar-refractivity contribution is 5.37. The summed E-state index contributed by atoms with van der Waals surface area (Å²) in [5.74, 6) is -0.213. The number of aryl methyl sites for hydroxylation is 1. The minimum atomic E-state index is -0.307. The van der Waals surface area contributed by atoms with Crippen LogP contribution in [0.2, 0.25) is 0 Å². The van der Waals surface area contributed by atoms with Crippen LogP contribution in [0, 0.1) is 0 Å². The van der Waals surface area contributed by atoms with E-state index < -0.39 is 0 Å². The standard InChI is InChI=1S/C20H24N2O2/c23-18-11-16(21-12-19(18)24)13-22-10-4-9-20(14-22)8-3-6-15-5-1-2-7-17(15)20/h1-2,5,7,11-12,24H,3-4,6,8-10,13-14H2,(H,21,23). The van der Waals surface area contributed by atoms with Crippen molar-refractivity contribution in [1.29, 1.82) is 0 Å². The number of piperidine rings is 1. The molecule has 24 heavy (non-hydrogen) atoms. The molecule has 0 bridgehead atoms. The third-order valence-corrected chi connectivity index (χ3v) is 5.69. The van der Waals surface area contributed by atoms with E-state index in [0.717, 1.165) is 25.3 Å². The molecule has 126 valence electrons. The number of aromatic hydroxyl groups is 1. The van der Waals surface area contributed by atoms with E-state index in [-0.39, 0.29) is 16.6 Å². The molecular formula is C20H24N2O2. The zero-order valence-corrected chi connectivity index (χ0v) is 13.9. The molecule has 4 heteroatoms. The zero-order valence-electron chi connectivity index (χ0n) is 13.9. The van der Waals surface area contributed by atoms with Crippen molar-refractivity contribution in [3.05, 3.63) is 63.6 Å². The van der Waals surface area contributed by atoms with E-state index in [4.69, 9.17) is 0 Å². The number of H-pyrrole nitrogens is 1. The number of nitrogens with one attached hydrogen (secondary N) is 1. The molecule has 0 saturated carbocycles. The van der Waals surface area contributed by atoms with E-state index in [1.165, 1.54) is 49.9 Å². The van der Waals surface area contributed by atoms with Gasteiger partial charge in [0.05, 0.1) is 0 Å². The molecule has 1 fully saturated rings. The van der Waals surface area contributed by atoms with E-state index in [2.05, 4.69) is 34.1 Å². The number of likely N-dealkylation sites (tertiary alicyclic amines) is 1. The molecule has 0 radical (unpaired) electrons. The lowest BCUT2D eigenvalue weighted by atomic mass is 9.66. The number of rotatable bonds is 2. The number of hydrogen-bond acceptors (Lipinski definition) is 3. The van der Waals surface area contributed by atoms with Crippen LogP contribution in [0.5, 0.6) is 5.75 Å². The molecule has 1 aromatic heterocycles. The maximum Gasteiger partial charge on any atom is 0.223 e. The molecule has 1 aliphatic carbocycles. The Balaban J connectivity index is 1.58. The first-order valence-electron chi connectivity index (χ1n) is 8.88. The van der Waals surface area contributed by atoms with Gasteiger partial charge < -0.3 is 10.1 Å². The first-order valence-corrected chi connectivity index (χ1v) is 8.88. The fourth-order valence-electron chi connectivity index (χ4n) is 4.63. The third kappa shape index (κ3) is 2.75. The molecule has 2 aromatic rings. The number of nitrogens with zero attached hydrogens (tertiary/aromatic N) is 1. The minimum Gasteiger partial charge on any atom is -0.503 e. The molecule has 0 amide bonds. The lowest BCUT2D eigenvalue weighted by Gasteiger charge is -2.46. The van der Waals surface area contributed by atoms with Crippen LogP contribution >= 0.6 is 0 Å². The van der Waals surface area contributed by atoms with Crippen LogP contribution in [-0.4, -0.2) is 28.1 Å². The summed E-state index contributed by atoms with van der Waals surface area (Å²) < 4.78 is 0. The average Bonchev–Trinajstić information content (AvgIpc) is 2.59. The summed E-state index contributed by atoms with van der Waals surface area (Å²) >= 11 is 0. The summed E-state index contributed by atoms with van der Waals surface area (Å²) in [6, 6.07) is 10.4. The number of benzene rings is 1. The number of fused-ring (bicyclic) bond motifs is 2. The molecular weight excluding hydrogens is 300 g/mol. The highest BCUT2D eigenvalue weighted by atomic mass is 16.3. The second kappa shape index (κ2) is 6.10. The Morgan fingerprint density at radius 1 is 1.21 bits per heavy atom. The van der Waals surface area contributed by atoms with Crippen molar-refractivity contribution < 1.29 is 5.11 Å². The lowest BCUT2D eigenvalue weighted by molar-refractivity contribution is 0.124. The molecule has 1 saturated heterocycles. The predicted octanol–water partition coefficient (Wildman–Crippen LogP) is 2.95. The molecule has 1 spiro atoms. The van der Waals surface area contributed by atoms with Gasteiger partial charge in [-0.2, -0.15) is 0 Å². The van der Waals surface area contributed by atoms with Crippen molar-refractivity contribution in [3.63, 3.8) is 0 Å². The Bertz CT molecular complexity index is 798. The maximum absolute atomic E-state index is 11.7. The third-order valence-electron chi connectivity index (χ3n) is 5.69. The van der Waals surface area contributed by atoms with Gasteiger partial charge in [0.1, 0.15) is 0 Å². The molecule has 1 aliphatic heterocycles. The van der Waals surface area contributed by atoms with Gasteiger partial charge in [0.15, 0.2) is 5.75 Å². The van der Waals surface area contributed by atoms with Crippen molar-refractivity contribution in [1.82, 2.24) is 9.88 Å². The Morgan fingerprint density at radius 2 is 2.04 bits per heavy atom. The topological polar surface area (TPSA) is 56.3 Å². The van der Waals surface area contributed by atoms with Gasteiger partial charge in [-0.25, -0.2) is 0 Å². The van der Waals surface area contributed by atoms with Crippen molar-refractivity contribution in [2.75, 3.05) is 13.1 Å². The summed E-state index contributed by atoms with van der Waals surface area (Å²) in [4.78, 5) is 17.1. The molecule has 2 heterocycles. The van der Waals surface area contributed by atoms with Crippen LogP contribution in [0.1, 0.15) is 42.5 Å². The van der Waals surface area contributed by atoms with Gasteiger partial charge in [-0.05, 0) is 49.8 Å². The fraction of sp³-hybridized carbons (Fsp3) is 0.450. The molecule has 2 aliphatic rings. The van der Waals surface area contributed by atoms with Gasteiger partial charge in [-0.3, -0.25) is 9.69 Å². The number of pyridine rings is 1. The SMILES string of the molecule is O=c1cc(CN2CCCC3(CCCc4ccccc43)C2)[nH]cc1O. The van der Waals surface area contributed by atoms with Crippen LogP contribution < -0.4 is 5.43 Å². The second-order valence-corrected chi connectivity index (χ2v) is 7.31. The summed E-state index contributed by atoms with van der Waals surface area (Å²) in [5.41, 5.74) is 3.89. The van der Waals surface area contributed by atoms with Crippen molar-refractivity contribution in [3.8, 4) is 5.75 Å². The van der Waals surface area contributed by atoms with Crippen LogP contribution in [0.3, 0.4) is 0 Å². The van der Waals surface area contributed by atoms with Crippen molar-refractivity contribution >= 4 is 0 Å². The lowest BCUT2D eigenvalue weighted by Crippen LogP contribution is -2.47. The zero-order chi connectivity index (χ0) is 16.6. The average molecular weight is 324 g/mol. The van der Waals surface area contributed by atoms with Crippen LogP contribution in [0.15, 0.2) is 41.3 Å². The van der Waals surface area contributed by atoms with Gasteiger partial charge in [0.25, 0.3) is 0 Å². The normalized spacial score (nSPS) is 24.0. The molecule has 2 N–H and O–H groups in total. The molecule has 1 atom stereocenters. The van der Waals surface area contributed by atoms with Crippen molar-refractivity contribution in [2.24, 2.45) is 0 Å². The smallest absolute Gasteiger partial charge is 0.223 e. The first kappa shape index (κ1) is 15.5. The van der Waals surface area contributed by atoms with Crippen LogP contribution in [-0.2, 0) is 18.4 Å². The quantitative estimate of drug-likeness (QED) is 0.893. The number of aromatic nitrogens is 1. The van der Waals surface area contributed by atoms with E-state index >= 15 is 0 Å².